The molecule has 0 saturated heterocycles. The first-order valence-corrected chi connectivity index (χ1v) is 5.93. The summed E-state index contributed by atoms with van der Waals surface area (Å²) in [7, 11) is 0. The van der Waals surface area contributed by atoms with Crippen molar-refractivity contribution >= 4 is 23.1 Å². The van der Waals surface area contributed by atoms with Crippen LogP contribution in [-0.2, 0) is 4.79 Å². The number of hydrogen-bond donors (Lipinski definition) is 3. The number of hydrogen-bond acceptors (Lipinski definition) is 5. The molecule has 0 bridgehead atoms. The number of nitrogens with zero attached hydrogens (tertiary/aromatic N) is 1. The number of nitrogens with one attached hydrogen (secondary N) is 1. The van der Waals surface area contributed by atoms with Gasteiger partial charge in [-0.3, -0.25) is 4.79 Å². The van der Waals surface area contributed by atoms with Crippen LogP contribution in [0.5, 0.6) is 11.5 Å². The highest BCUT2D eigenvalue weighted by atomic mass is 19.4. The van der Waals surface area contributed by atoms with Gasteiger partial charge in [0.2, 0.25) is 0 Å². The number of ether oxygens (including phenoxy) is 1. The molecule has 2 rings (SSSR count). The van der Waals surface area contributed by atoms with E-state index in [4.69, 9.17) is 16.2 Å². The van der Waals surface area contributed by atoms with Crippen molar-refractivity contribution in [2.24, 2.45) is 0 Å². The molecular formula is C13H11F3N4O2. The van der Waals surface area contributed by atoms with Gasteiger partial charge in [0.05, 0.1) is 11.4 Å². The molecule has 1 aromatic heterocycles. The number of alkyl halides is 3. The fourth-order valence-electron chi connectivity index (χ4n) is 1.54. The van der Waals surface area contributed by atoms with Crippen molar-refractivity contribution in [3.05, 3.63) is 36.5 Å². The number of benzene rings is 1. The molecule has 1 heterocycles. The Bertz CT molecular complexity index is 704. The van der Waals surface area contributed by atoms with Gasteiger partial charge in [-0.15, -0.1) is 0 Å². The number of nitrogens with two attached hydrogens (primary N) is 2. The summed E-state index contributed by atoms with van der Waals surface area (Å²) in [5.74, 6) is -1.19. The fraction of sp³-hybridized carbons (Fsp3) is 0.0769. The lowest BCUT2D eigenvalue weighted by Gasteiger charge is -2.12. The first-order chi connectivity index (χ1) is 10.3. The number of rotatable bonds is 3. The smallest absolute Gasteiger partial charge is 0.457 e. The molecule has 116 valence electrons. The van der Waals surface area contributed by atoms with Crippen LogP contribution in [0.15, 0.2) is 36.5 Å². The van der Waals surface area contributed by atoms with E-state index < -0.39 is 12.1 Å². The molecule has 0 aliphatic carbocycles. The number of anilines is 3. The Morgan fingerprint density at radius 1 is 1.14 bits per heavy atom. The average molecular weight is 312 g/mol. The lowest BCUT2D eigenvalue weighted by molar-refractivity contribution is -0.167. The van der Waals surface area contributed by atoms with Gasteiger partial charge in [0.25, 0.3) is 0 Å². The van der Waals surface area contributed by atoms with Crippen molar-refractivity contribution in [2.45, 2.75) is 6.18 Å². The highest BCUT2D eigenvalue weighted by Gasteiger charge is 2.38. The molecule has 0 aliphatic heterocycles. The zero-order valence-electron chi connectivity index (χ0n) is 11.0. The van der Waals surface area contributed by atoms with Crippen LogP contribution >= 0.6 is 0 Å². The fourth-order valence-corrected chi connectivity index (χ4v) is 1.54. The van der Waals surface area contributed by atoms with Crippen LogP contribution in [0.1, 0.15) is 0 Å². The first-order valence-electron chi connectivity index (χ1n) is 5.93. The van der Waals surface area contributed by atoms with Crippen molar-refractivity contribution in [3.8, 4) is 11.5 Å². The van der Waals surface area contributed by atoms with Gasteiger partial charge in [-0.1, -0.05) is 0 Å². The van der Waals surface area contributed by atoms with E-state index in [1.807, 2.05) is 0 Å². The minimum absolute atomic E-state index is 0.0721. The van der Waals surface area contributed by atoms with E-state index >= 15 is 0 Å². The highest BCUT2D eigenvalue weighted by molar-refractivity contribution is 5.97. The van der Waals surface area contributed by atoms with E-state index in [2.05, 4.69) is 4.98 Å². The molecule has 0 radical (unpaired) electrons. The summed E-state index contributed by atoms with van der Waals surface area (Å²) in [6, 6.07) is 6.86. The first kappa shape index (κ1) is 15.4. The van der Waals surface area contributed by atoms with Crippen LogP contribution in [0.2, 0.25) is 0 Å². The molecule has 9 heteroatoms. The minimum Gasteiger partial charge on any atom is -0.457 e. The summed E-state index contributed by atoms with van der Waals surface area (Å²) in [6.45, 7) is 0. The lowest BCUT2D eigenvalue weighted by Crippen LogP contribution is -2.30. The Kier molecular flexibility index (Phi) is 4.06. The van der Waals surface area contributed by atoms with Crippen molar-refractivity contribution < 1.29 is 22.7 Å². The van der Waals surface area contributed by atoms with Crippen molar-refractivity contribution in [3.63, 3.8) is 0 Å². The van der Waals surface area contributed by atoms with E-state index in [1.165, 1.54) is 30.5 Å². The number of amides is 1. The summed E-state index contributed by atoms with van der Waals surface area (Å²) >= 11 is 0. The zero-order valence-corrected chi connectivity index (χ0v) is 11.0. The summed E-state index contributed by atoms with van der Waals surface area (Å²) in [5.41, 5.74) is 10.9. The Morgan fingerprint density at radius 3 is 2.41 bits per heavy atom. The number of nitrogen functional groups attached to an aromatic ring is 2. The molecule has 6 nitrogen and oxygen atoms in total. The van der Waals surface area contributed by atoms with E-state index in [-0.39, 0.29) is 22.9 Å². The molecular weight excluding hydrogens is 301 g/mol. The lowest BCUT2D eigenvalue weighted by atomic mass is 10.2. The highest BCUT2D eigenvalue weighted by Crippen LogP contribution is 2.29. The summed E-state index contributed by atoms with van der Waals surface area (Å²) in [6.07, 6.45) is -3.55. The van der Waals surface area contributed by atoms with Gasteiger partial charge in [0.1, 0.15) is 17.3 Å². The third kappa shape index (κ3) is 3.78. The van der Waals surface area contributed by atoms with Gasteiger partial charge >= 0.3 is 12.1 Å². The van der Waals surface area contributed by atoms with Gasteiger partial charge in [-0.05, 0) is 18.2 Å². The standard InChI is InChI=1S/C13H11F3N4O2/c14-13(15,16)12(21)20-10-2-1-7(5-9(10)17)22-8-3-4-19-11(18)6-8/h1-6H,17H2,(H2,18,19)(H,20,21). The van der Waals surface area contributed by atoms with Crippen molar-refractivity contribution in [2.75, 3.05) is 16.8 Å². The molecule has 5 N–H and O–H groups in total. The predicted molar refractivity (Wildman–Crippen MR) is 74.3 cm³/mol. The third-order valence-electron chi connectivity index (χ3n) is 2.52. The summed E-state index contributed by atoms with van der Waals surface area (Å²) < 4.78 is 42.0. The minimum atomic E-state index is -4.99. The normalized spacial score (nSPS) is 11.0. The van der Waals surface area contributed by atoms with Gasteiger partial charge in [0.15, 0.2) is 0 Å². The SMILES string of the molecule is Nc1cc(Oc2ccc(NC(=O)C(F)(F)F)c(N)c2)ccn1. The molecule has 1 aromatic carbocycles. The van der Waals surface area contributed by atoms with Gasteiger partial charge in [0, 0.05) is 18.3 Å². The number of aromatic nitrogens is 1. The second-order valence-electron chi connectivity index (χ2n) is 4.22. The molecule has 0 atom stereocenters. The predicted octanol–water partition coefficient (Wildman–Crippen LogP) is 2.54. The zero-order chi connectivity index (χ0) is 16.3. The molecule has 0 fully saturated rings. The maximum absolute atomic E-state index is 12.2. The maximum Gasteiger partial charge on any atom is 0.471 e. The van der Waals surface area contributed by atoms with Gasteiger partial charge < -0.3 is 21.5 Å². The molecule has 1 amide bonds. The Hall–Kier alpha value is -2.97. The number of halogens is 3. The second-order valence-corrected chi connectivity index (χ2v) is 4.22. The van der Waals surface area contributed by atoms with Crippen LogP contribution in [0, 0.1) is 0 Å². The largest absolute Gasteiger partial charge is 0.471 e. The monoisotopic (exact) mass is 312 g/mol. The Labute approximate surface area is 122 Å². The number of carbonyl (C=O) groups is 1. The van der Waals surface area contributed by atoms with Crippen LogP contribution in [0.25, 0.3) is 0 Å². The summed E-state index contributed by atoms with van der Waals surface area (Å²) in [5, 5.41) is 1.68. The van der Waals surface area contributed by atoms with Crippen LogP contribution < -0.4 is 21.5 Å². The Morgan fingerprint density at radius 2 is 1.82 bits per heavy atom. The van der Waals surface area contributed by atoms with Gasteiger partial charge in [-0.2, -0.15) is 13.2 Å². The molecule has 0 spiro atoms. The number of pyridine rings is 1. The number of carbonyl (C=O) groups excluding carboxylic acids is 1. The molecule has 2 aromatic rings. The summed E-state index contributed by atoms with van der Waals surface area (Å²) in [4.78, 5) is 14.6. The quantitative estimate of drug-likeness (QED) is 0.756. The van der Waals surface area contributed by atoms with Crippen LogP contribution in [-0.4, -0.2) is 17.1 Å². The average Bonchev–Trinajstić information content (AvgIpc) is 2.40. The molecule has 22 heavy (non-hydrogen) atoms. The van der Waals surface area contributed by atoms with Crippen molar-refractivity contribution in [1.29, 1.82) is 0 Å². The topological polar surface area (TPSA) is 103 Å². The van der Waals surface area contributed by atoms with Crippen molar-refractivity contribution in [1.82, 2.24) is 4.98 Å². The van der Waals surface area contributed by atoms with E-state index in [9.17, 15) is 18.0 Å². The molecule has 0 saturated carbocycles. The van der Waals surface area contributed by atoms with E-state index in [0.29, 0.717) is 5.75 Å². The van der Waals surface area contributed by atoms with Crippen LogP contribution in [0.3, 0.4) is 0 Å². The van der Waals surface area contributed by atoms with E-state index in [1.54, 1.807) is 11.4 Å². The van der Waals surface area contributed by atoms with Crippen LogP contribution in [0.4, 0.5) is 30.4 Å². The molecule has 0 unspecified atom stereocenters. The molecule has 0 aliphatic rings. The van der Waals surface area contributed by atoms with Gasteiger partial charge in [-0.25, -0.2) is 4.98 Å². The second kappa shape index (κ2) is 5.80. The van der Waals surface area contributed by atoms with E-state index in [0.717, 1.165) is 0 Å². The third-order valence-corrected chi connectivity index (χ3v) is 2.52. The Balaban J connectivity index is 2.14. The maximum atomic E-state index is 12.2.